The van der Waals surface area contributed by atoms with Crippen molar-refractivity contribution in [1.29, 1.82) is 5.26 Å². The van der Waals surface area contributed by atoms with E-state index in [2.05, 4.69) is 9.71 Å². The second-order valence-electron chi connectivity index (χ2n) is 6.68. The first-order valence-electron chi connectivity index (χ1n) is 8.67. The molecular formula is C20H19N3O4S. The molecule has 0 radical (unpaired) electrons. The van der Waals surface area contributed by atoms with Crippen molar-refractivity contribution in [3.05, 3.63) is 65.2 Å². The van der Waals surface area contributed by atoms with Crippen LogP contribution < -0.4 is 4.72 Å². The number of rotatable bonds is 5. The normalized spacial score (nSPS) is 16.9. The summed E-state index contributed by atoms with van der Waals surface area (Å²) < 4.78 is 32.2. The average Bonchev–Trinajstić information content (AvgIpc) is 2.95. The van der Waals surface area contributed by atoms with Gasteiger partial charge in [-0.05, 0) is 35.7 Å². The Kier molecular flexibility index (Phi) is 5.47. The van der Waals surface area contributed by atoms with Gasteiger partial charge in [-0.1, -0.05) is 38.1 Å². The van der Waals surface area contributed by atoms with Gasteiger partial charge in [-0.25, -0.2) is 13.2 Å². The summed E-state index contributed by atoms with van der Waals surface area (Å²) in [6, 6.07) is 14.4. The number of carbonyl (C=O) groups is 1. The zero-order chi connectivity index (χ0) is 20.3. The van der Waals surface area contributed by atoms with Gasteiger partial charge in [0.1, 0.15) is 12.4 Å². The number of ether oxygens (including phenoxy) is 1. The van der Waals surface area contributed by atoms with Crippen LogP contribution in [0.4, 0.5) is 0 Å². The van der Waals surface area contributed by atoms with E-state index in [0.29, 0.717) is 11.1 Å². The fraction of sp³-hybridized carbons (Fsp3) is 0.250. The summed E-state index contributed by atoms with van der Waals surface area (Å²) in [5.74, 6) is -0.599. The van der Waals surface area contributed by atoms with Crippen molar-refractivity contribution in [2.75, 3.05) is 0 Å². The minimum absolute atomic E-state index is 0.0426. The molecule has 7 nitrogen and oxygen atoms in total. The highest BCUT2D eigenvalue weighted by Gasteiger charge is 2.33. The van der Waals surface area contributed by atoms with E-state index >= 15 is 0 Å². The van der Waals surface area contributed by atoms with E-state index in [1.54, 1.807) is 42.5 Å². The third-order valence-corrected chi connectivity index (χ3v) is 5.67. The predicted molar refractivity (Wildman–Crippen MR) is 103 cm³/mol. The van der Waals surface area contributed by atoms with Crippen LogP contribution in [0.25, 0.3) is 0 Å². The van der Waals surface area contributed by atoms with Gasteiger partial charge in [0.05, 0.1) is 16.5 Å². The third kappa shape index (κ3) is 4.05. The summed E-state index contributed by atoms with van der Waals surface area (Å²) in [6.07, 6.45) is 0. The molecule has 0 fully saturated rings. The number of hydrogen-bond acceptors (Lipinski definition) is 6. The summed E-state index contributed by atoms with van der Waals surface area (Å²) in [4.78, 5) is 17.1. The van der Waals surface area contributed by atoms with E-state index in [0.717, 1.165) is 5.56 Å². The van der Waals surface area contributed by atoms with Crippen molar-refractivity contribution < 1.29 is 17.9 Å². The summed E-state index contributed by atoms with van der Waals surface area (Å²) in [5.41, 5.74) is 1.70. The largest absolute Gasteiger partial charge is 0.459 e. The molecule has 1 atom stereocenters. The van der Waals surface area contributed by atoms with Crippen LogP contribution in [0.15, 0.2) is 58.4 Å². The molecule has 0 aromatic heterocycles. The van der Waals surface area contributed by atoms with E-state index in [4.69, 9.17) is 10.00 Å². The Hall–Kier alpha value is -3.18. The number of nitrogens with zero attached hydrogens (tertiary/aromatic N) is 2. The van der Waals surface area contributed by atoms with Crippen LogP contribution in [-0.2, 0) is 26.2 Å². The Morgan fingerprint density at radius 1 is 1.18 bits per heavy atom. The molecule has 144 valence electrons. The molecule has 0 saturated heterocycles. The SMILES string of the molecule is CC(C)[C@H](N=C1NS(=O)(=O)c2ccccc21)C(=O)OCc1ccc(C#N)cc1. The fourth-order valence-electron chi connectivity index (χ4n) is 2.76. The molecule has 0 amide bonds. The number of fused-ring (bicyclic) bond motifs is 1. The number of esters is 1. The molecule has 2 aromatic rings. The third-order valence-electron chi connectivity index (χ3n) is 4.27. The molecule has 1 N–H and O–H groups in total. The van der Waals surface area contributed by atoms with Crippen molar-refractivity contribution in [3.63, 3.8) is 0 Å². The topological polar surface area (TPSA) is 109 Å². The van der Waals surface area contributed by atoms with Gasteiger partial charge in [-0.2, -0.15) is 5.26 Å². The van der Waals surface area contributed by atoms with Crippen LogP contribution in [0, 0.1) is 17.2 Å². The molecule has 0 saturated carbocycles. The molecule has 0 bridgehead atoms. The van der Waals surface area contributed by atoms with Gasteiger partial charge in [-0.3, -0.25) is 9.71 Å². The van der Waals surface area contributed by atoms with Crippen LogP contribution >= 0.6 is 0 Å². The second kappa shape index (κ2) is 7.82. The van der Waals surface area contributed by atoms with E-state index in [1.807, 2.05) is 19.9 Å². The molecule has 8 heteroatoms. The Morgan fingerprint density at radius 2 is 1.86 bits per heavy atom. The van der Waals surface area contributed by atoms with E-state index in [9.17, 15) is 13.2 Å². The molecule has 0 spiro atoms. The number of hydrogen-bond donors (Lipinski definition) is 1. The smallest absolute Gasteiger partial charge is 0.331 e. The summed E-state index contributed by atoms with van der Waals surface area (Å²) in [6.45, 7) is 3.67. The number of aliphatic imine (C=N–C) groups is 1. The van der Waals surface area contributed by atoms with Crippen molar-refractivity contribution in [3.8, 4) is 6.07 Å². The Labute approximate surface area is 163 Å². The maximum Gasteiger partial charge on any atom is 0.331 e. The maximum absolute atomic E-state index is 12.6. The number of benzene rings is 2. The Morgan fingerprint density at radius 3 is 2.50 bits per heavy atom. The molecule has 1 aliphatic heterocycles. The lowest BCUT2D eigenvalue weighted by Crippen LogP contribution is -2.31. The zero-order valence-electron chi connectivity index (χ0n) is 15.4. The highest BCUT2D eigenvalue weighted by molar-refractivity contribution is 7.90. The lowest BCUT2D eigenvalue weighted by atomic mass is 10.0. The number of amidine groups is 1. The van der Waals surface area contributed by atoms with Crippen molar-refractivity contribution in [2.45, 2.75) is 31.4 Å². The van der Waals surface area contributed by atoms with Gasteiger partial charge in [0.15, 0.2) is 6.04 Å². The maximum atomic E-state index is 12.6. The van der Waals surface area contributed by atoms with Crippen LogP contribution in [0.3, 0.4) is 0 Å². The van der Waals surface area contributed by atoms with Crippen LogP contribution in [0.5, 0.6) is 0 Å². The van der Waals surface area contributed by atoms with Gasteiger partial charge >= 0.3 is 5.97 Å². The van der Waals surface area contributed by atoms with E-state index < -0.39 is 22.0 Å². The Bertz CT molecular complexity index is 1070. The minimum atomic E-state index is -3.67. The first-order chi connectivity index (χ1) is 13.3. The first-order valence-corrected chi connectivity index (χ1v) is 10.2. The highest BCUT2D eigenvalue weighted by atomic mass is 32.2. The number of nitriles is 1. The van der Waals surface area contributed by atoms with Crippen molar-refractivity contribution in [2.24, 2.45) is 10.9 Å². The fourth-order valence-corrected chi connectivity index (χ4v) is 4.00. The number of nitrogens with one attached hydrogen (secondary N) is 1. The highest BCUT2D eigenvalue weighted by Crippen LogP contribution is 2.23. The number of carbonyl (C=O) groups excluding carboxylic acids is 1. The molecule has 28 heavy (non-hydrogen) atoms. The first kappa shape index (κ1) is 19.6. The van der Waals surface area contributed by atoms with Crippen molar-refractivity contribution in [1.82, 2.24) is 4.72 Å². The van der Waals surface area contributed by atoms with Gasteiger partial charge in [0.25, 0.3) is 10.0 Å². The van der Waals surface area contributed by atoms with Crippen LogP contribution in [0.1, 0.15) is 30.5 Å². The van der Waals surface area contributed by atoms with Crippen molar-refractivity contribution >= 4 is 21.8 Å². The summed E-state index contributed by atoms with van der Waals surface area (Å²) in [7, 11) is -3.67. The van der Waals surface area contributed by atoms with Crippen LogP contribution in [0.2, 0.25) is 0 Å². The zero-order valence-corrected chi connectivity index (χ0v) is 16.2. The quantitative estimate of drug-likeness (QED) is 0.779. The van der Waals surface area contributed by atoms with E-state index in [-0.39, 0.29) is 23.3 Å². The summed E-state index contributed by atoms with van der Waals surface area (Å²) >= 11 is 0. The molecule has 1 heterocycles. The number of sulfonamides is 1. The van der Waals surface area contributed by atoms with Gasteiger partial charge < -0.3 is 4.74 Å². The predicted octanol–water partition coefficient (Wildman–Crippen LogP) is 2.36. The summed E-state index contributed by atoms with van der Waals surface area (Å²) in [5, 5.41) is 8.82. The van der Waals surface area contributed by atoms with Gasteiger partial charge in [-0.15, -0.1) is 0 Å². The molecular weight excluding hydrogens is 378 g/mol. The minimum Gasteiger partial charge on any atom is -0.459 e. The average molecular weight is 397 g/mol. The lowest BCUT2D eigenvalue weighted by Gasteiger charge is -2.16. The molecule has 0 unspecified atom stereocenters. The standard InChI is InChI=1S/C20H19N3O4S/c1-13(2)18(20(24)27-12-15-9-7-14(11-21)8-10-15)22-19-16-5-3-4-6-17(16)28(25,26)23-19/h3-10,13,18H,12H2,1-2H3,(H,22,23)/t18-/m0/s1. The monoisotopic (exact) mass is 397 g/mol. The molecule has 0 aliphatic carbocycles. The van der Waals surface area contributed by atoms with E-state index in [1.165, 1.54) is 6.07 Å². The molecule has 3 rings (SSSR count). The Balaban J connectivity index is 1.79. The second-order valence-corrected chi connectivity index (χ2v) is 8.34. The van der Waals surface area contributed by atoms with Gasteiger partial charge in [0.2, 0.25) is 0 Å². The molecule has 1 aliphatic rings. The van der Waals surface area contributed by atoms with Gasteiger partial charge in [0, 0.05) is 5.56 Å². The molecule has 2 aromatic carbocycles. The lowest BCUT2D eigenvalue weighted by molar-refractivity contribution is -0.147. The van der Waals surface area contributed by atoms with Crippen LogP contribution in [-0.4, -0.2) is 26.3 Å².